The molecule has 0 fully saturated rings. The molecule has 9 heteroatoms. The number of nitrogens with zero attached hydrogens (tertiary/aromatic N) is 1. The number of nitro benzene ring substituents is 1. The maximum atomic E-state index is 12.6. The number of hydrogen-bond acceptors (Lipinski definition) is 5. The number of hydrogen-bond donors (Lipinski definition) is 2. The van der Waals surface area contributed by atoms with E-state index in [1.165, 1.54) is 48.5 Å². The molecule has 8 nitrogen and oxygen atoms in total. The van der Waals surface area contributed by atoms with Gasteiger partial charge in [0, 0.05) is 29.1 Å². The summed E-state index contributed by atoms with van der Waals surface area (Å²) in [6, 6.07) is 16.4. The number of carbonyl (C=O) groups excluding carboxylic acids is 1. The summed E-state index contributed by atoms with van der Waals surface area (Å²) >= 11 is 0. The van der Waals surface area contributed by atoms with Crippen LogP contribution in [0.25, 0.3) is 0 Å². The molecule has 0 atom stereocenters. The number of nitrogens with one attached hydrogen (secondary N) is 2. The molecule has 3 rings (SSSR count). The summed E-state index contributed by atoms with van der Waals surface area (Å²) in [5.41, 5.74) is 2.63. The van der Waals surface area contributed by atoms with E-state index in [0.717, 1.165) is 11.1 Å². The summed E-state index contributed by atoms with van der Waals surface area (Å²) in [5.74, 6) is -0.539. The van der Waals surface area contributed by atoms with Gasteiger partial charge in [0.2, 0.25) is 0 Å². The number of carbonyl (C=O) groups is 1. The first kappa shape index (κ1) is 21.0. The minimum atomic E-state index is -3.80. The van der Waals surface area contributed by atoms with Crippen LogP contribution in [0.15, 0.2) is 71.6 Å². The largest absolute Gasteiger partial charge is 0.322 e. The summed E-state index contributed by atoms with van der Waals surface area (Å²) in [5, 5.41) is 13.4. The molecule has 0 saturated heterocycles. The fourth-order valence-corrected chi connectivity index (χ4v) is 3.97. The number of non-ortho nitro benzene ring substituents is 1. The van der Waals surface area contributed by atoms with E-state index in [1.807, 2.05) is 19.9 Å². The fourth-order valence-electron chi connectivity index (χ4n) is 2.93. The molecule has 154 valence electrons. The van der Waals surface area contributed by atoms with E-state index in [2.05, 4.69) is 10.0 Å². The topological polar surface area (TPSA) is 118 Å². The van der Waals surface area contributed by atoms with Crippen LogP contribution in [0.3, 0.4) is 0 Å². The van der Waals surface area contributed by atoms with E-state index in [1.54, 1.807) is 12.1 Å². The van der Waals surface area contributed by atoms with Gasteiger partial charge in [0.15, 0.2) is 0 Å². The van der Waals surface area contributed by atoms with Crippen LogP contribution in [-0.2, 0) is 10.0 Å². The van der Waals surface area contributed by atoms with Crippen molar-refractivity contribution in [2.45, 2.75) is 18.7 Å². The predicted octanol–water partition coefficient (Wildman–Crippen LogP) is 4.26. The minimum Gasteiger partial charge on any atom is -0.322 e. The molecule has 3 aromatic rings. The van der Waals surface area contributed by atoms with E-state index in [9.17, 15) is 23.3 Å². The first-order valence-corrected chi connectivity index (χ1v) is 10.4. The monoisotopic (exact) mass is 425 g/mol. The van der Waals surface area contributed by atoms with Crippen LogP contribution in [-0.4, -0.2) is 19.2 Å². The second kappa shape index (κ2) is 8.34. The van der Waals surface area contributed by atoms with Gasteiger partial charge in [-0.1, -0.05) is 12.1 Å². The average Bonchev–Trinajstić information content (AvgIpc) is 2.67. The maximum Gasteiger partial charge on any atom is 0.270 e. The van der Waals surface area contributed by atoms with Crippen molar-refractivity contribution in [2.75, 3.05) is 10.0 Å². The zero-order valence-corrected chi connectivity index (χ0v) is 17.1. The van der Waals surface area contributed by atoms with Crippen molar-refractivity contribution < 1.29 is 18.1 Å². The number of benzene rings is 3. The molecule has 0 aromatic heterocycles. The Balaban J connectivity index is 1.74. The Kier molecular flexibility index (Phi) is 5.84. The highest BCUT2D eigenvalue weighted by Crippen LogP contribution is 2.21. The Bertz CT molecular complexity index is 1200. The van der Waals surface area contributed by atoms with Crippen LogP contribution in [0, 0.1) is 24.0 Å². The van der Waals surface area contributed by atoms with Crippen LogP contribution in [0.4, 0.5) is 17.1 Å². The second-order valence-electron chi connectivity index (χ2n) is 6.77. The Hall–Kier alpha value is -3.72. The molecular weight excluding hydrogens is 406 g/mol. The molecule has 3 aromatic carbocycles. The predicted molar refractivity (Wildman–Crippen MR) is 114 cm³/mol. The molecule has 2 N–H and O–H groups in total. The van der Waals surface area contributed by atoms with E-state index >= 15 is 0 Å². The van der Waals surface area contributed by atoms with Gasteiger partial charge in [-0.2, -0.15) is 0 Å². The van der Waals surface area contributed by atoms with Crippen LogP contribution in [0.5, 0.6) is 0 Å². The summed E-state index contributed by atoms with van der Waals surface area (Å²) in [4.78, 5) is 22.6. The van der Waals surface area contributed by atoms with Gasteiger partial charge < -0.3 is 5.32 Å². The van der Waals surface area contributed by atoms with Crippen LogP contribution in [0.2, 0.25) is 0 Å². The van der Waals surface area contributed by atoms with Crippen molar-refractivity contribution in [1.29, 1.82) is 0 Å². The first-order valence-electron chi connectivity index (χ1n) is 8.91. The Labute approximate surface area is 173 Å². The quantitative estimate of drug-likeness (QED) is 0.452. The molecule has 0 spiro atoms. The average molecular weight is 425 g/mol. The molecule has 0 unspecified atom stereocenters. The van der Waals surface area contributed by atoms with Gasteiger partial charge in [-0.05, 0) is 67.4 Å². The third kappa shape index (κ3) is 5.00. The van der Waals surface area contributed by atoms with E-state index in [0.29, 0.717) is 11.4 Å². The highest BCUT2D eigenvalue weighted by molar-refractivity contribution is 7.92. The molecule has 1 amide bonds. The van der Waals surface area contributed by atoms with Crippen LogP contribution < -0.4 is 10.0 Å². The number of sulfonamides is 1. The smallest absolute Gasteiger partial charge is 0.270 e. The standard InChI is InChI=1S/C21H19N3O5S/c1-14-10-15(2)12-18(11-14)23-30(28,29)20-8-6-17(7-9-20)22-21(25)16-4-3-5-19(13-16)24(26)27/h3-13,23H,1-2H3,(H,22,25). The molecule has 30 heavy (non-hydrogen) atoms. The zero-order valence-electron chi connectivity index (χ0n) is 16.2. The molecule has 0 aliphatic rings. The van der Waals surface area contributed by atoms with Crippen LogP contribution in [0.1, 0.15) is 21.5 Å². The fraction of sp³-hybridized carbons (Fsp3) is 0.0952. The Morgan fingerprint density at radius 2 is 1.53 bits per heavy atom. The van der Waals surface area contributed by atoms with Gasteiger partial charge in [-0.15, -0.1) is 0 Å². The molecule has 0 heterocycles. The van der Waals surface area contributed by atoms with Crippen molar-refractivity contribution >= 4 is 33.0 Å². The van der Waals surface area contributed by atoms with Gasteiger partial charge in [-0.25, -0.2) is 8.42 Å². The van der Waals surface area contributed by atoms with Crippen molar-refractivity contribution in [3.8, 4) is 0 Å². The Morgan fingerprint density at radius 3 is 2.13 bits per heavy atom. The molecular formula is C21H19N3O5S. The van der Waals surface area contributed by atoms with Crippen molar-refractivity contribution in [3.63, 3.8) is 0 Å². The van der Waals surface area contributed by atoms with Gasteiger partial charge in [0.05, 0.1) is 9.82 Å². The third-order valence-electron chi connectivity index (χ3n) is 4.22. The van der Waals surface area contributed by atoms with Gasteiger partial charge in [0.1, 0.15) is 0 Å². The van der Waals surface area contributed by atoms with Crippen molar-refractivity contribution in [2.24, 2.45) is 0 Å². The second-order valence-corrected chi connectivity index (χ2v) is 8.45. The number of aryl methyl sites for hydroxylation is 2. The Morgan fingerprint density at radius 1 is 0.900 bits per heavy atom. The molecule has 0 bridgehead atoms. The highest BCUT2D eigenvalue weighted by Gasteiger charge is 2.16. The summed E-state index contributed by atoms with van der Waals surface area (Å²) < 4.78 is 27.8. The number of nitro groups is 1. The summed E-state index contributed by atoms with van der Waals surface area (Å²) in [6.07, 6.45) is 0. The molecule has 0 radical (unpaired) electrons. The number of rotatable bonds is 6. The lowest BCUT2D eigenvalue weighted by Crippen LogP contribution is -2.14. The molecule has 0 aliphatic carbocycles. The molecule has 0 aliphatic heterocycles. The normalized spacial score (nSPS) is 11.0. The molecule has 0 saturated carbocycles. The minimum absolute atomic E-state index is 0.0370. The van der Waals surface area contributed by atoms with E-state index < -0.39 is 20.9 Å². The third-order valence-corrected chi connectivity index (χ3v) is 5.61. The highest BCUT2D eigenvalue weighted by atomic mass is 32.2. The van der Waals surface area contributed by atoms with E-state index in [-0.39, 0.29) is 16.1 Å². The number of anilines is 2. The summed E-state index contributed by atoms with van der Waals surface area (Å²) in [7, 11) is -3.80. The van der Waals surface area contributed by atoms with Crippen molar-refractivity contribution in [1.82, 2.24) is 0 Å². The number of amides is 1. The van der Waals surface area contributed by atoms with Gasteiger partial charge in [-0.3, -0.25) is 19.6 Å². The first-order chi connectivity index (χ1) is 14.1. The van der Waals surface area contributed by atoms with Gasteiger partial charge in [0.25, 0.3) is 21.6 Å². The summed E-state index contributed by atoms with van der Waals surface area (Å²) in [6.45, 7) is 3.76. The lowest BCUT2D eigenvalue weighted by Gasteiger charge is -2.11. The lowest BCUT2D eigenvalue weighted by molar-refractivity contribution is -0.384. The van der Waals surface area contributed by atoms with E-state index in [4.69, 9.17) is 0 Å². The van der Waals surface area contributed by atoms with Gasteiger partial charge >= 0.3 is 0 Å². The maximum absolute atomic E-state index is 12.6. The lowest BCUT2D eigenvalue weighted by atomic mass is 10.1. The van der Waals surface area contributed by atoms with Crippen molar-refractivity contribution in [3.05, 3.63) is 93.5 Å². The SMILES string of the molecule is Cc1cc(C)cc(NS(=O)(=O)c2ccc(NC(=O)c3cccc([N+](=O)[O-])c3)cc2)c1. The van der Waals surface area contributed by atoms with Crippen LogP contribution >= 0.6 is 0 Å². The zero-order chi connectivity index (χ0) is 21.9.